The molecule has 0 aromatic heterocycles. The second kappa shape index (κ2) is 41.2. The second-order valence-electron chi connectivity index (χ2n) is 30.5. The van der Waals surface area contributed by atoms with Crippen LogP contribution in [0.25, 0.3) is 53.9 Å². The van der Waals surface area contributed by atoms with E-state index in [1.54, 1.807) is 0 Å². The molecule has 2 heterocycles. The highest BCUT2D eigenvalue weighted by Crippen LogP contribution is 2.38. The number of fused-ring (bicyclic) bond motifs is 17. The van der Waals surface area contributed by atoms with Crippen LogP contribution in [0.3, 0.4) is 0 Å². The number of carbonyl (C=O) groups is 7. The minimum Gasteiger partial charge on any atom is -0.492 e. The van der Waals surface area contributed by atoms with Crippen molar-refractivity contribution in [2.75, 3.05) is 13.2 Å². The summed E-state index contributed by atoms with van der Waals surface area (Å²) < 4.78 is 11.2. The van der Waals surface area contributed by atoms with Gasteiger partial charge in [0.2, 0.25) is 0 Å². The average Bonchev–Trinajstić information content (AvgIpc) is 1.40. The number of benzene rings is 12. The summed E-state index contributed by atoms with van der Waals surface area (Å²) >= 11 is 0. The van der Waals surface area contributed by atoms with Crippen LogP contribution in [-0.4, -0.2) is 95.0 Å². The largest absolute Gasteiger partial charge is 0.492 e. The number of rotatable bonds is 7. The summed E-state index contributed by atoms with van der Waals surface area (Å²) in [4.78, 5) is 109. The van der Waals surface area contributed by atoms with E-state index in [-0.39, 0.29) is 29.8 Å². The van der Waals surface area contributed by atoms with Crippen molar-refractivity contribution in [2.24, 2.45) is 36.1 Å². The maximum atomic E-state index is 10.9. The van der Waals surface area contributed by atoms with Gasteiger partial charge in [-0.1, -0.05) is 236 Å². The Morgan fingerprint density at radius 3 is 1.19 bits per heavy atom. The minimum absolute atomic E-state index is 0.330. The molecule has 23 nitrogen and oxygen atoms in total. The van der Waals surface area contributed by atoms with Crippen molar-refractivity contribution >= 4 is 136 Å². The Morgan fingerprint density at radius 2 is 0.645 bits per heavy atom. The summed E-state index contributed by atoms with van der Waals surface area (Å²) in [6.07, 6.45) is 12.0. The summed E-state index contributed by atoms with van der Waals surface area (Å²) in [5.74, 6) is -1.16. The molecule has 0 N–H and O–H groups in total. The lowest BCUT2D eigenvalue weighted by molar-refractivity contribution is -0.141. The molecule has 2 aliphatic heterocycles. The topological polar surface area (TPSA) is 289 Å². The van der Waals surface area contributed by atoms with Crippen LogP contribution < -0.4 is 9.47 Å². The van der Waals surface area contributed by atoms with Crippen molar-refractivity contribution in [1.82, 2.24) is 0 Å². The van der Waals surface area contributed by atoms with Crippen molar-refractivity contribution in [1.29, 1.82) is 0 Å². The molecule has 0 spiro atoms. The molecule has 630 valence electrons. The highest BCUT2D eigenvalue weighted by molar-refractivity contribution is 6.18. The Balaban J connectivity index is 0.000000124. The molecule has 0 atom stereocenters. The van der Waals surface area contributed by atoms with Gasteiger partial charge in [-0.15, -0.1) is 0 Å². The van der Waals surface area contributed by atoms with Gasteiger partial charge in [-0.3, -0.25) is 0 Å². The van der Waals surface area contributed by atoms with Gasteiger partial charge in [-0.2, -0.15) is 0 Å². The summed E-state index contributed by atoms with van der Waals surface area (Å²) in [6, 6.07) is 72.0. The van der Waals surface area contributed by atoms with Crippen LogP contribution in [0.1, 0.15) is 183 Å². The molecule has 0 fully saturated rings. The van der Waals surface area contributed by atoms with E-state index in [0.29, 0.717) is 25.3 Å². The first-order valence-electron chi connectivity index (χ1n) is 41.3. The number of hydrogen-bond acceptors (Lipinski definition) is 23. The maximum absolute atomic E-state index is 10.9. The van der Waals surface area contributed by atoms with Crippen molar-refractivity contribution in [2.45, 2.75) is 153 Å². The van der Waals surface area contributed by atoms with Crippen molar-refractivity contribution < 1.29 is 76.9 Å². The highest BCUT2D eigenvalue weighted by Gasteiger charge is 2.28. The molecule has 0 unspecified atom stereocenters. The van der Waals surface area contributed by atoms with E-state index in [9.17, 15) is 33.6 Å². The molecular formula is C101H95N7O16. The molecule has 0 saturated heterocycles. The predicted molar refractivity (Wildman–Crippen MR) is 481 cm³/mol. The first kappa shape index (κ1) is 87.3. The normalized spacial score (nSPS) is 16.1. The van der Waals surface area contributed by atoms with Crippen LogP contribution in [-0.2, 0) is 99.5 Å². The van der Waals surface area contributed by atoms with Crippen LogP contribution >= 0.6 is 0 Å². The van der Waals surface area contributed by atoms with Crippen LogP contribution in [0.2, 0.25) is 0 Å². The molecule has 12 aromatic rings. The first-order chi connectivity index (χ1) is 60.0. The molecule has 12 aromatic carbocycles. The standard InChI is InChI=1S/C16H15NO2.C15H13NO3.2C15H13NO2.C14H11NO3.2C13H15NO2/c1-10-3-7-14-13(9-10)5-4-12-6-8-15(16(12)14)17-19-11(2)18;1-10(17)19-16-13-8-9-18-14-7-6-11-4-2-3-5-12(11)15(13)14;1-10(17)18-16-14-9-8-12-7-6-11-4-2-3-5-13(11)15(12)14;1-10(17)18-16-15-9-8-13-12-5-3-2-4-11(12)6-7-14(13)15;1-9(16)18-15-12-8-17-13-7-6-10-4-2-3-5-11(10)14(12)13;1-8-6-11-4-5-13(14-16-10(3)15)12(11)7-9(8)2;1-10(15)16-14-13-9-5-3-7-11-6-2-4-8-12(11)13/h3-5,7,9H,6,8H2,1-2H3;2-7H,8-9H2,1H3;2*2-7H,8-9H2,1H3;2-7H,8H2,1H3;6-7H,4-5H2,1-3H3;2,4,6,8H,3,5,7,9H2,1H3/b17-15+;16-13+;16-14+;16-15+;15-12+;2*14-13+. The summed E-state index contributed by atoms with van der Waals surface area (Å²) in [5.41, 5.74) is 23.5. The fourth-order valence-electron chi connectivity index (χ4n) is 15.8. The summed E-state index contributed by atoms with van der Waals surface area (Å²) in [7, 11) is 0. The van der Waals surface area contributed by atoms with Crippen LogP contribution in [0.4, 0.5) is 0 Å². The summed E-state index contributed by atoms with van der Waals surface area (Å²) in [5, 5.41) is 39.2. The van der Waals surface area contributed by atoms with E-state index in [0.717, 1.165) is 183 Å². The van der Waals surface area contributed by atoms with E-state index in [1.165, 1.54) is 125 Å². The third kappa shape index (κ3) is 22.0. The summed E-state index contributed by atoms with van der Waals surface area (Å²) in [6.45, 7) is 16.6. The zero-order valence-corrected chi connectivity index (χ0v) is 71.0. The Labute approximate surface area is 718 Å². The fraction of sp³-hybridized carbons (Fsp3) is 0.248. The highest BCUT2D eigenvalue weighted by atomic mass is 16.7. The Morgan fingerprint density at radius 1 is 0.266 bits per heavy atom. The quantitative estimate of drug-likeness (QED) is 0.0814. The van der Waals surface area contributed by atoms with Crippen molar-refractivity contribution in [3.63, 3.8) is 0 Å². The Kier molecular flexibility index (Phi) is 29.0. The first-order valence-corrected chi connectivity index (χ1v) is 41.3. The smallest absolute Gasteiger partial charge is 0.331 e. The van der Waals surface area contributed by atoms with Gasteiger partial charge in [-0.05, 0) is 209 Å². The van der Waals surface area contributed by atoms with E-state index >= 15 is 0 Å². The minimum atomic E-state index is -0.434. The molecule has 0 amide bonds. The van der Waals surface area contributed by atoms with E-state index in [4.69, 9.17) is 43.3 Å². The molecule has 23 heteroatoms. The SMILES string of the molecule is CC(=O)O/N=C1\CCCCc2ccccc21.CC(=O)O/N=C1\CCOc2ccc3ccccc3c21.CC(=O)O/N=C1\CCc2c1ccc1ccccc21.CC(=O)O/N=C1\CCc2cc(C)c(C)cc21.CC(=O)O/N=C1\CCc2ccc3cc(C)ccc3c21.CC(=O)O/N=C1\CCc2ccc3ccccc3c21.CC(=O)O/N=C1\COc2ccc3ccccc3c21. The molecular weight excluding hydrogens is 1570 g/mol. The number of nitrogens with zero attached hydrogens (tertiary/aromatic N) is 7. The average molecular weight is 1660 g/mol. The maximum Gasteiger partial charge on any atom is 0.331 e. The Hall–Kier alpha value is -14.5. The molecule has 7 aliphatic rings. The third-order valence-electron chi connectivity index (χ3n) is 21.5. The second-order valence-corrected chi connectivity index (χ2v) is 30.5. The number of aryl methyl sites for hydroxylation is 8. The van der Waals surface area contributed by atoms with Gasteiger partial charge < -0.3 is 43.3 Å². The number of oxime groups is 7. The van der Waals surface area contributed by atoms with Gasteiger partial charge >= 0.3 is 41.8 Å². The van der Waals surface area contributed by atoms with Gasteiger partial charge in [0.15, 0.2) is 0 Å². The molecule has 5 aliphatic carbocycles. The molecule has 19 rings (SSSR count). The number of hydrogen-bond donors (Lipinski definition) is 0. The lowest BCUT2D eigenvalue weighted by Crippen LogP contribution is -2.17. The van der Waals surface area contributed by atoms with Gasteiger partial charge in [0.25, 0.3) is 0 Å². The zero-order valence-electron chi connectivity index (χ0n) is 71.0. The fourth-order valence-corrected chi connectivity index (χ4v) is 15.8. The monoisotopic (exact) mass is 1660 g/mol. The van der Waals surface area contributed by atoms with Crippen molar-refractivity contribution in [3.8, 4) is 11.5 Å². The Bertz CT molecular complexity index is 6270. The van der Waals surface area contributed by atoms with Crippen LogP contribution in [0, 0.1) is 20.8 Å². The van der Waals surface area contributed by atoms with Crippen LogP contribution in [0.5, 0.6) is 11.5 Å². The zero-order chi connectivity index (χ0) is 87.3. The third-order valence-corrected chi connectivity index (χ3v) is 21.5. The molecule has 0 saturated carbocycles. The lowest BCUT2D eigenvalue weighted by Gasteiger charge is -2.20. The van der Waals surface area contributed by atoms with Gasteiger partial charge in [0.1, 0.15) is 23.8 Å². The van der Waals surface area contributed by atoms with Gasteiger partial charge in [0.05, 0.1) is 46.4 Å². The van der Waals surface area contributed by atoms with Crippen molar-refractivity contribution in [3.05, 3.63) is 296 Å². The van der Waals surface area contributed by atoms with E-state index in [2.05, 4.69) is 154 Å². The molecule has 124 heavy (non-hydrogen) atoms. The number of carbonyl (C=O) groups excluding carboxylic acids is 7. The van der Waals surface area contributed by atoms with Gasteiger partial charge in [0, 0.05) is 88.3 Å². The van der Waals surface area contributed by atoms with E-state index < -0.39 is 11.9 Å². The predicted octanol–water partition coefficient (Wildman–Crippen LogP) is 20.1. The molecule has 0 bridgehead atoms. The van der Waals surface area contributed by atoms with Gasteiger partial charge in [-0.25, -0.2) is 33.6 Å². The lowest BCUT2D eigenvalue weighted by atomic mass is 9.97. The molecule has 0 radical (unpaired) electrons. The number of ether oxygens (including phenoxy) is 2. The van der Waals surface area contributed by atoms with E-state index in [1.807, 2.05) is 115 Å². The van der Waals surface area contributed by atoms with Crippen LogP contribution in [0.15, 0.2) is 248 Å².